The van der Waals surface area contributed by atoms with Gasteiger partial charge in [-0.2, -0.15) is 0 Å². The molecule has 2 N–H and O–H groups in total. The molecular formula is C31H19F2N7. The number of halogens is 2. The highest BCUT2D eigenvalue weighted by Gasteiger charge is 2.30. The number of imidazole rings is 1. The van der Waals surface area contributed by atoms with Crippen LogP contribution in [0, 0.1) is 11.6 Å². The van der Waals surface area contributed by atoms with E-state index in [1.54, 1.807) is 42.9 Å². The first-order valence-electron chi connectivity index (χ1n) is 12.4. The summed E-state index contributed by atoms with van der Waals surface area (Å²) in [5, 5.41) is 3.22. The highest BCUT2D eigenvalue weighted by Crippen LogP contribution is 2.38. The van der Waals surface area contributed by atoms with Gasteiger partial charge in [-0.05, 0) is 29.8 Å². The molecule has 7 rings (SSSR count). The van der Waals surface area contributed by atoms with Gasteiger partial charge in [-0.15, -0.1) is 0 Å². The largest absolute Gasteiger partial charge is 0.354 e. The van der Waals surface area contributed by atoms with Gasteiger partial charge in [-0.3, -0.25) is 15.0 Å². The van der Waals surface area contributed by atoms with Crippen molar-refractivity contribution in [1.29, 1.82) is 0 Å². The van der Waals surface area contributed by atoms with Crippen LogP contribution in [0.15, 0.2) is 103 Å². The Balaban J connectivity index is 1.22. The van der Waals surface area contributed by atoms with Crippen LogP contribution in [0.4, 0.5) is 20.2 Å². The maximum atomic E-state index is 15.9. The van der Waals surface area contributed by atoms with E-state index in [0.717, 1.165) is 5.56 Å². The Morgan fingerprint density at radius 1 is 0.850 bits per heavy atom. The summed E-state index contributed by atoms with van der Waals surface area (Å²) >= 11 is 0. The molecule has 0 amide bonds. The molecule has 1 aliphatic rings. The van der Waals surface area contributed by atoms with Gasteiger partial charge in [-0.25, -0.2) is 18.8 Å². The van der Waals surface area contributed by atoms with Crippen molar-refractivity contribution >= 4 is 33.8 Å². The second kappa shape index (κ2) is 9.32. The third-order valence-corrected chi connectivity index (χ3v) is 6.62. The lowest BCUT2D eigenvalue weighted by molar-refractivity contribution is 0.621. The van der Waals surface area contributed by atoms with E-state index in [2.05, 4.69) is 41.8 Å². The van der Waals surface area contributed by atoms with Crippen LogP contribution in [0.2, 0.25) is 0 Å². The zero-order valence-electron chi connectivity index (χ0n) is 20.9. The van der Waals surface area contributed by atoms with Crippen LogP contribution in [0.25, 0.3) is 39.2 Å². The highest BCUT2D eigenvalue weighted by molar-refractivity contribution is 6.21. The second-order valence-electron chi connectivity index (χ2n) is 9.22. The second-order valence-corrected chi connectivity index (χ2v) is 9.22. The SMILES string of the molecule is C=C(Nc1cncc(-c2ncc3c(c2F)C(c2nc4c(-c5cccc(F)c5)nccc4[nH]2)=N3)c1)c1ccccc1. The summed E-state index contributed by atoms with van der Waals surface area (Å²) in [6.07, 6.45) is 6.34. The molecule has 0 spiro atoms. The van der Waals surface area contributed by atoms with Crippen LogP contribution in [0.3, 0.4) is 0 Å². The van der Waals surface area contributed by atoms with Crippen LogP contribution < -0.4 is 5.32 Å². The molecule has 0 unspecified atom stereocenters. The predicted molar refractivity (Wildman–Crippen MR) is 151 cm³/mol. The third kappa shape index (κ3) is 4.01. The Morgan fingerprint density at radius 2 is 1.73 bits per heavy atom. The highest BCUT2D eigenvalue weighted by atomic mass is 19.1. The average Bonchev–Trinajstić information content (AvgIpc) is 3.38. The number of H-pyrrole nitrogens is 1. The smallest absolute Gasteiger partial charge is 0.161 e. The molecule has 0 bridgehead atoms. The Hall–Kier alpha value is -5.57. The lowest BCUT2D eigenvalue weighted by atomic mass is 9.99. The van der Waals surface area contributed by atoms with Gasteiger partial charge in [0.1, 0.15) is 22.7 Å². The predicted octanol–water partition coefficient (Wildman–Crippen LogP) is 6.93. The Morgan fingerprint density at radius 3 is 2.58 bits per heavy atom. The number of benzene rings is 2. The van der Waals surface area contributed by atoms with Gasteiger partial charge in [0.25, 0.3) is 0 Å². The van der Waals surface area contributed by atoms with Gasteiger partial charge in [0.05, 0.1) is 40.5 Å². The minimum atomic E-state index is -0.521. The molecule has 0 saturated heterocycles. The Kier molecular flexibility index (Phi) is 5.48. The van der Waals surface area contributed by atoms with Crippen molar-refractivity contribution in [2.24, 2.45) is 4.99 Å². The van der Waals surface area contributed by atoms with E-state index >= 15 is 4.39 Å². The number of fused-ring (bicyclic) bond motifs is 2. The number of hydrogen-bond acceptors (Lipinski definition) is 6. The lowest BCUT2D eigenvalue weighted by Gasteiger charge is -2.19. The standard InChI is InChI=1S/C31H19F2N7/c1-17(18-6-3-2-4-7-18)37-22-13-20(14-34-15-22)27-26(33)25-24(16-36-27)38-30(25)31-39-23-10-11-35-28(29(23)40-31)19-8-5-9-21(32)12-19/h2-16,37H,1H2,(H,39,40). The fourth-order valence-electron chi connectivity index (χ4n) is 4.70. The fourth-order valence-corrected chi connectivity index (χ4v) is 4.70. The molecule has 0 fully saturated rings. The van der Waals surface area contributed by atoms with Gasteiger partial charge >= 0.3 is 0 Å². The van der Waals surface area contributed by atoms with Crippen molar-refractivity contribution in [1.82, 2.24) is 24.9 Å². The molecule has 0 radical (unpaired) electrons. The topological polar surface area (TPSA) is 91.7 Å². The molecule has 7 nitrogen and oxygen atoms in total. The van der Waals surface area contributed by atoms with Crippen LogP contribution in [-0.2, 0) is 0 Å². The molecule has 1 aliphatic heterocycles. The molecule has 0 saturated carbocycles. The molecule has 9 heteroatoms. The minimum absolute atomic E-state index is 0.144. The average molecular weight is 528 g/mol. The third-order valence-electron chi connectivity index (χ3n) is 6.62. The number of anilines is 1. The maximum Gasteiger partial charge on any atom is 0.161 e. The van der Waals surface area contributed by atoms with E-state index < -0.39 is 5.82 Å². The fraction of sp³-hybridized carbons (Fsp3) is 0. The number of rotatable bonds is 6. The summed E-state index contributed by atoms with van der Waals surface area (Å²) in [4.78, 5) is 25.3. The summed E-state index contributed by atoms with van der Waals surface area (Å²) < 4.78 is 29.8. The lowest BCUT2D eigenvalue weighted by Crippen LogP contribution is -2.16. The number of aromatic amines is 1. The van der Waals surface area contributed by atoms with Crippen LogP contribution in [0.1, 0.15) is 17.0 Å². The van der Waals surface area contributed by atoms with E-state index in [4.69, 9.17) is 0 Å². The van der Waals surface area contributed by atoms with Gasteiger partial charge in [0.2, 0.25) is 0 Å². The summed E-state index contributed by atoms with van der Waals surface area (Å²) in [5.41, 5.74) is 6.36. The van der Waals surface area contributed by atoms with Crippen molar-refractivity contribution in [3.8, 4) is 22.5 Å². The first-order chi connectivity index (χ1) is 19.5. The summed E-state index contributed by atoms with van der Waals surface area (Å²) in [5.74, 6) is -0.506. The number of pyridine rings is 3. The van der Waals surface area contributed by atoms with Crippen LogP contribution >= 0.6 is 0 Å². The molecule has 6 aromatic rings. The number of nitrogens with one attached hydrogen (secondary N) is 2. The monoisotopic (exact) mass is 527 g/mol. The minimum Gasteiger partial charge on any atom is -0.354 e. The Bertz CT molecular complexity index is 1980. The molecule has 4 aromatic heterocycles. The van der Waals surface area contributed by atoms with E-state index in [1.165, 1.54) is 18.3 Å². The molecule has 5 heterocycles. The van der Waals surface area contributed by atoms with E-state index in [9.17, 15) is 4.39 Å². The molecule has 40 heavy (non-hydrogen) atoms. The summed E-state index contributed by atoms with van der Waals surface area (Å²) in [6.45, 7) is 4.09. The van der Waals surface area contributed by atoms with Crippen molar-refractivity contribution in [3.05, 3.63) is 127 Å². The quantitative estimate of drug-likeness (QED) is 0.245. The Labute approximate surface area is 227 Å². The van der Waals surface area contributed by atoms with Gasteiger partial charge in [0.15, 0.2) is 11.6 Å². The first kappa shape index (κ1) is 23.5. The molecule has 2 aromatic carbocycles. The van der Waals surface area contributed by atoms with Gasteiger partial charge < -0.3 is 10.3 Å². The number of hydrogen-bond donors (Lipinski definition) is 2. The zero-order chi connectivity index (χ0) is 27.2. The number of aromatic nitrogens is 5. The normalized spacial score (nSPS) is 12.0. The molecule has 0 aliphatic carbocycles. The molecular weight excluding hydrogens is 508 g/mol. The first-order valence-corrected chi connectivity index (χ1v) is 12.4. The maximum absolute atomic E-state index is 15.9. The van der Waals surface area contributed by atoms with Crippen molar-refractivity contribution in [2.45, 2.75) is 0 Å². The van der Waals surface area contributed by atoms with Crippen LogP contribution in [-0.4, -0.2) is 30.6 Å². The molecule has 0 atom stereocenters. The van der Waals surface area contributed by atoms with E-state index in [1.807, 2.05) is 30.3 Å². The van der Waals surface area contributed by atoms with E-state index in [-0.39, 0.29) is 11.5 Å². The van der Waals surface area contributed by atoms with Crippen molar-refractivity contribution < 1.29 is 8.78 Å². The molecule has 192 valence electrons. The van der Waals surface area contributed by atoms with Crippen molar-refractivity contribution in [2.75, 3.05) is 5.32 Å². The van der Waals surface area contributed by atoms with Crippen molar-refractivity contribution in [3.63, 3.8) is 0 Å². The van der Waals surface area contributed by atoms with E-state index in [0.29, 0.717) is 62.0 Å². The number of nitrogens with zero attached hydrogens (tertiary/aromatic N) is 5. The summed E-state index contributed by atoms with van der Waals surface area (Å²) in [6, 6.07) is 19.4. The van der Waals surface area contributed by atoms with Gasteiger partial charge in [0, 0.05) is 29.2 Å². The van der Waals surface area contributed by atoms with Crippen LogP contribution in [0.5, 0.6) is 0 Å². The zero-order valence-corrected chi connectivity index (χ0v) is 20.9. The summed E-state index contributed by atoms with van der Waals surface area (Å²) in [7, 11) is 0. The number of aliphatic imine (C=N–C) groups is 1. The van der Waals surface area contributed by atoms with Gasteiger partial charge in [-0.1, -0.05) is 49.0 Å².